The summed E-state index contributed by atoms with van der Waals surface area (Å²) in [5, 5.41) is 28.0. The number of ether oxygens (including phenoxy) is 2. The lowest BCUT2D eigenvalue weighted by Crippen LogP contribution is -2.41. The molecule has 0 aliphatic carbocycles. The van der Waals surface area contributed by atoms with Crippen molar-refractivity contribution in [2.75, 3.05) is 19.8 Å². The van der Waals surface area contributed by atoms with Gasteiger partial charge in [0, 0.05) is 25.0 Å². The number of hydrogen-bond acceptors (Lipinski definition) is 8. The van der Waals surface area contributed by atoms with Crippen molar-refractivity contribution in [1.82, 2.24) is 39.6 Å². The first-order valence-corrected chi connectivity index (χ1v) is 13.7. The van der Waals surface area contributed by atoms with E-state index in [1.807, 2.05) is 43.3 Å². The molecule has 1 unspecified atom stereocenters. The molecule has 2 bridgehead atoms. The summed E-state index contributed by atoms with van der Waals surface area (Å²) in [6.45, 7) is 10.6. The molecule has 0 spiro atoms. The fourth-order valence-corrected chi connectivity index (χ4v) is 6.05. The lowest BCUT2D eigenvalue weighted by molar-refractivity contribution is 0.0920. The molecule has 4 aromatic heterocycles. The van der Waals surface area contributed by atoms with Crippen molar-refractivity contribution in [3.05, 3.63) is 34.4 Å². The van der Waals surface area contributed by atoms with Crippen molar-refractivity contribution in [1.29, 1.82) is 0 Å². The summed E-state index contributed by atoms with van der Waals surface area (Å²) in [7, 11) is 1.92. The van der Waals surface area contributed by atoms with E-state index < -0.39 is 0 Å². The first-order valence-electron chi connectivity index (χ1n) is 13.7. The van der Waals surface area contributed by atoms with Crippen LogP contribution in [0.2, 0.25) is 0 Å². The van der Waals surface area contributed by atoms with E-state index >= 15 is 0 Å². The maximum absolute atomic E-state index is 9.82. The van der Waals surface area contributed by atoms with Gasteiger partial charge in [0.1, 0.15) is 11.6 Å². The molecule has 0 saturated carbocycles. The maximum Gasteiger partial charge on any atom is 0.240 e. The Labute approximate surface area is 227 Å². The normalized spacial score (nSPS) is 20.3. The number of aliphatic hydroxyl groups excluding tert-OH is 1. The van der Waals surface area contributed by atoms with Gasteiger partial charge in [0.05, 0.1) is 59.4 Å². The van der Waals surface area contributed by atoms with E-state index in [9.17, 15) is 5.11 Å². The van der Waals surface area contributed by atoms with Crippen molar-refractivity contribution in [3.63, 3.8) is 0 Å². The summed E-state index contributed by atoms with van der Waals surface area (Å²) in [5.41, 5.74) is 7.04. The van der Waals surface area contributed by atoms with Crippen LogP contribution in [0.25, 0.3) is 34.3 Å². The first kappa shape index (κ1) is 25.6. The molecule has 2 aliphatic rings. The van der Waals surface area contributed by atoms with Crippen molar-refractivity contribution in [3.8, 4) is 23.0 Å². The molecule has 1 saturated heterocycles. The predicted octanol–water partition coefficient (Wildman–Crippen LogP) is 3.48. The average molecular weight is 533 g/mol. The lowest BCUT2D eigenvalue weighted by atomic mass is 10.1. The Bertz CT molecular complexity index is 1550. The third-order valence-electron chi connectivity index (χ3n) is 7.85. The quantitative estimate of drug-likeness (QED) is 0.410. The van der Waals surface area contributed by atoms with Crippen LogP contribution in [0.1, 0.15) is 55.0 Å². The molecule has 6 rings (SSSR count). The molecule has 1 fully saturated rings. The fraction of sp³-hybridized carbons (Fsp3) is 0.500. The standard InChI is InChI=1S/C28H36N8O3/c1-6-38-27-19-9-10-21-20-14-22(29-17(3)26(20)31-30-21)25-16(2)32-34(5)28(25)39-18(4)23-8-7-11-35(23)15-24(19)36(33-27)12-13-37/h9-10,14,18,23,37H,6-8,11-13,15H2,1-5H3,(H,30,31)/b10-9+/t18?,23-/m1/s1. The van der Waals surface area contributed by atoms with Crippen molar-refractivity contribution < 1.29 is 14.6 Å². The maximum atomic E-state index is 9.82. The van der Waals surface area contributed by atoms with Gasteiger partial charge in [0.2, 0.25) is 11.8 Å². The number of pyridine rings is 1. The highest BCUT2D eigenvalue weighted by molar-refractivity contribution is 5.93. The van der Waals surface area contributed by atoms with E-state index in [0.29, 0.717) is 25.6 Å². The third-order valence-corrected chi connectivity index (χ3v) is 7.85. The van der Waals surface area contributed by atoms with Gasteiger partial charge >= 0.3 is 0 Å². The van der Waals surface area contributed by atoms with Crippen LogP contribution in [0, 0.1) is 13.8 Å². The summed E-state index contributed by atoms with van der Waals surface area (Å²) >= 11 is 0. The number of fused-ring (bicyclic) bond motifs is 5. The summed E-state index contributed by atoms with van der Waals surface area (Å²) in [6.07, 6.45) is 6.11. The lowest BCUT2D eigenvalue weighted by Gasteiger charge is -2.30. The molecule has 11 heteroatoms. The van der Waals surface area contributed by atoms with Crippen LogP contribution < -0.4 is 9.47 Å². The fourth-order valence-electron chi connectivity index (χ4n) is 6.05. The minimum Gasteiger partial charge on any atom is -0.476 e. The van der Waals surface area contributed by atoms with Gasteiger partial charge < -0.3 is 14.6 Å². The minimum absolute atomic E-state index is 0.00476. The SMILES string of the molecule is CCOc1nn(CCO)c2c1/C=C/c1[nH]nc3c(C)nc(cc13)-c1c(C)nn(C)c1OC(C)[C@H]1CCCN1C2. The van der Waals surface area contributed by atoms with Gasteiger partial charge in [-0.1, -0.05) is 0 Å². The highest BCUT2D eigenvalue weighted by Crippen LogP contribution is 2.37. The van der Waals surface area contributed by atoms with Crippen molar-refractivity contribution in [2.24, 2.45) is 7.05 Å². The first-order chi connectivity index (χ1) is 18.9. The number of rotatable bonds is 4. The molecule has 6 heterocycles. The molecule has 0 radical (unpaired) electrons. The topological polar surface area (TPSA) is 119 Å². The number of aromatic nitrogens is 7. The number of aryl methyl sites for hydroxylation is 3. The van der Waals surface area contributed by atoms with E-state index in [4.69, 9.17) is 24.7 Å². The highest BCUT2D eigenvalue weighted by atomic mass is 16.5. The number of aliphatic hydroxyl groups is 1. The third kappa shape index (κ3) is 4.39. The summed E-state index contributed by atoms with van der Waals surface area (Å²) in [5.74, 6) is 1.29. The Morgan fingerprint density at radius 2 is 2.05 bits per heavy atom. The van der Waals surface area contributed by atoms with E-state index in [0.717, 1.165) is 75.8 Å². The Balaban J connectivity index is 1.59. The van der Waals surface area contributed by atoms with Gasteiger partial charge in [-0.25, -0.2) is 4.68 Å². The molecule has 11 nitrogen and oxygen atoms in total. The van der Waals surface area contributed by atoms with Crippen LogP contribution >= 0.6 is 0 Å². The molecule has 4 aromatic rings. The second-order valence-corrected chi connectivity index (χ2v) is 10.4. The number of nitrogens with one attached hydrogen (secondary N) is 1. The van der Waals surface area contributed by atoms with Crippen molar-refractivity contribution >= 4 is 23.1 Å². The zero-order chi connectivity index (χ0) is 27.3. The van der Waals surface area contributed by atoms with Crippen LogP contribution in [-0.4, -0.2) is 76.7 Å². The van der Waals surface area contributed by atoms with Gasteiger partial charge in [-0.05, 0) is 65.3 Å². The van der Waals surface area contributed by atoms with E-state index in [-0.39, 0.29) is 18.8 Å². The van der Waals surface area contributed by atoms with E-state index in [2.05, 4.69) is 34.2 Å². The second-order valence-electron chi connectivity index (χ2n) is 10.4. The highest BCUT2D eigenvalue weighted by Gasteiger charge is 2.34. The Hall–Kier alpha value is -3.70. The largest absolute Gasteiger partial charge is 0.476 e. The van der Waals surface area contributed by atoms with Crippen LogP contribution in [0.3, 0.4) is 0 Å². The van der Waals surface area contributed by atoms with Gasteiger partial charge in [-0.3, -0.25) is 19.7 Å². The molecule has 39 heavy (non-hydrogen) atoms. The number of hydrogen-bond donors (Lipinski definition) is 2. The predicted molar refractivity (Wildman–Crippen MR) is 148 cm³/mol. The Morgan fingerprint density at radius 3 is 2.85 bits per heavy atom. The smallest absolute Gasteiger partial charge is 0.240 e. The van der Waals surface area contributed by atoms with Crippen LogP contribution in [-0.2, 0) is 20.1 Å². The monoisotopic (exact) mass is 532 g/mol. The molecular formula is C28H36N8O3. The summed E-state index contributed by atoms with van der Waals surface area (Å²) in [6, 6.07) is 2.27. The van der Waals surface area contributed by atoms with E-state index in [1.54, 1.807) is 0 Å². The molecule has 2 N–H and O–H groups in total. The molecule has 2 atom stereocenters. The van der Waals surface area contributed by atoms with Crippen LogP contribution in [0.5, 0.6) is 11.8 Å². The zero-order valence-electron chi connectivity index (χ0n) is 23.2. The Kier molecular flexibility index (Phi) is 6.64. The number of aromatic amines is 1. The van der Waals surface area contributed by atoms with Crippen molar-refractivity contribution in [2.45, 2.75) is 65.8 Å². The minimum atomic E-state index is -0.0833. The number of H-pyrrole nitrogens is 1. The average Bonchev–Trinajstić information content (AvgIpc) is 3.65. The van der Waals surface area contributed by atoms with Gasteiger partial charge in [0.25, 0.3) is 0 Å². The molecule has 0 aromatic carbocycles. The van der Waals surface area contributed by atoms with E-state index in [1.165, 1.54) is 0 Å². The Morgan fingerprint density at radius 1 is 1.21 bits per heavy atom. The molecular weight excluding hydrogens is 496 g/mol. The van der Waals surface area contributed by atoms with Gasteiger partial charge in [-0.2, -0.15) is 10.2 Å². The summed E-state index contributed by atoms with van der Waals surface area (Å²) in [4.78, 5) is 7.38. The molecule has 2 aliphatic heterocycles. The van der Waals surface area contributed by atoms with Crippen LogP contribution in [0.15, 0.2) is 6.07 Å². The van der Waals surface area contributed by atoms with Gasteiger partial charge in [0.15, 0.2) is 0 Å². The molecule has 206 valence electrons. The molecule has 0 amide bonds. The summed E-state index contributed by atoms with van der Waals surface area (Å²) < 4.78 is 16.4. The van der Waals surface area contributed by atoms with Gasteiger partial charge in [-0.15, -0.1) is 5.10 Å². The second kappa shape index (κ2) is 10.1. The van der Waals surface area contributed by atoms with Crippen LogP contribution in [0.4, 0.5) is 0 Å². The number of nitrogens with zero attached hydrogens (tertiary/aromatic N) is 7. The zero-order valence-corrected chi connectivity index (χ0v) is 23.2.